The molecule has 126 valence electrons. The molecule has 2 aromatic rings. The third kappa shape index (κ3) is 3.81. The van der Waals surface area contributed by atoms with Crippen molar-refractivity contribution in [1.29, 1.82) is 0 Å². The molecule has 0 bridgehead atoms. The highest BCUT2D eigenvalue weighted by atomic mass is 19.1. The van der Waals surface area contributed by atoms with E-state index in [1.54, 1.807) is 19.1 Å². The van der Waals surface area contributed by atoms with Gasteiger partial charge in [0, 0.05) is 11.6 Å². The fraction of sp³-hybridized carbons (Fsp3) is 0.400. The van der Waals surface area contributed by atoms with Gasteiger partial charge < -0.3 is 4.74 Å². The molecule has 0 spiro atoms. The molecule has 24 heavy (non-hydrogen) atoms. The van der Waals surface area contributed by atoms with Crippen LogP contribution < -0.4 is 4.74 Å². The third-order valence-electron chi connectivity index (χ3n) is 4.84. The molecule has 0 N–H and O–H groups in total. The second kappa shape index (κ2) is 7.12. The number of benzene rings is 1. The van der Waals surface area contributed by atoms with Crippen molar-refractivity contribution in [3.63, 3.8) is 0 Å². The van der Waals surface area contributed by atoms with Crippen LogP contribution in [0, 0.1) is 18.8 Å². The number of esters is 1. The van der Waals surface area contributed by atoms with Crippen LogP contribution >= 0.6 is 0 Å². The lowest BCUT2D eigenvalue weighted by atomic mass is 9.79. The molecule has 1 aliphatic rings. The van der Waals surface area contributed by atoms with E-state index in [2.05, 4.69) is 11.9 Å². The number of halogens is 1. The smallest absolute Gasteiger partial charge is 0.344 e. The Hall–Kier alpha value is -2.23. The molecule has 1 aliphatic carbocycles. The number of pyridine rings is 1. The van der Waals surface area contributed by atoms with Crippen LogP contribution in [0.4, 0.5) is 4.39 Å². The molecule has 0 amide bonds. The summed E-state index contributed by atoms with van der Waals surface area (Å²) in [7, 11) is 0. The lowest BCUT2D eigenvalue weighted by molar-refractivity contribution is 0.0726. The summed E-state index contributed by atoms with van der Waals surface area (Å²) < 4.78 is 18.6. The largest absolute Gasteiger partial charge is 0.404 e. The first-order valence-corrected chi connectivity index (χ1v) is 8.48. The van der Waals surface area contributed by atoms with Gasteiger partial charge in [-0.3, -0.25) is 0 Å². The average molecular weight is 327 g/mol. The lowest BCUT2D eigenvalue weighted by Crippen LogP contribution is -2.12. The van der Waals surface area contributed by atoms with E-state index in [1.807, 2.05) is 12.1 Å². The Kier molecular flexibility index (Phi) is 4.93. The van der Waals surface area contributed by atoms with Crippen molar-refractivity contribution >= 4 is 5.97 Å². The molecule has 3 nitrogen and oxygen atoms in total. The molecule has 1 saturated carbocycles. The summed E-state index contributed by atoms with van der Waals surface area (Å²) in [6.07, 6.45) is 4.94. The highest BCUT2D eigenvalue weighted by Crippen LogP contribution is 2.35. The number of hydrogen-bond acceptors (Lipinski definition) is 3. The van der Waals surface area contributed by atoms with E-state index in [-0.39, 0.29) is 5.88 Å². The van der Waals surface area contributed by atoms with E-state index in [0.29, 0.717) is 17.0 Å². The zero-order valence-electron chi connectivity index (χ0n) is 14.1. The van der Waals surface area contributed by atoms with Crippen LogP contribution in [-0.2, 0) is 0 Å². The molecule has 1 aromatic carbocycles. The van der Waals surface area contributed by atoms with Crippen LogP contribution in [0.1, 0.15) is 60.0 Å². The Morgan fingerprint density at radius 3 is 2.38 bits per heavy atom. The standard InChI is InChI=1S/C20H22FNO2/c1-13-3-6-15(7-4-13)16-8-10-17(11-9-16)20(23)24-18-12-5-14(2)19(21)22-18/h5,8-13,15H,3-4,6-7H2,1-2H3. The van der Waals surface area contributed by atoms with Crippen molar-refractivity contribution in [2.24, 2.45) is 5.92 Å². The molecule has 3 rings (SSSR count). The minimum absolute atomic E-state index is 0.0200. The number of rotatable bonds is 3. The maximum absolute atomic E-state index is 13.4. The van der Waals surface area contributed by atoms with Crippen LogP contribution in [0.25, 0.3) is 0 Å². The maximum atomic E-state index is 13.4. The Labute approximate surface area is 141 Å². The number of aryl methyl sites for hydroxylation is 1. The van der Waals surface area contributed by atoms with Crippen molar-refractivity contribution < 1.29 is 13.9 Å². The number of carbonyl (C=O) groups excluding carboxylic acids is 1. The van der Waals surface area contributed by atoms with E-state index in [9.17, 15) is 9.18 Å². The number of nitrogens with zero attached hydrogens (tertiary/aromatic N) is 1. The van der Waals surface area contributed by atoms with Crippen molar-refractivity contribution in [3.8, 4) is 5.88 Å². The van der Waals surface area contributed by atoms with Gasteiger partial charge in [-0.2, -0.15) is 9.37 Å². The van der Waals surface area contributed by atoms with Gasteiger partial charge in [-0.05, 0) is 55.4 Å². The minimum Gasteiger partial charge on any atom is -0.404 e. The second-order valence-electron chi connectivity index (χ2n) is 6.73. The maximum Gasteiger partial charge on any atom is 0.344 e. The first-order chi connectivity index (χ1) is 11.5. The molecule has 0 unspecified atom stereocenters. The number of aromatic nitrogens is 1. The Morgan fingerprint density at radius 2 is 1.75 bits per heavy atom. The van der Waals surface area contributed by atoms with Gasteiger partial charge in [0.2, 0.25) is 11.8 Å². The molecule has 1 aromatic heterocycles. The lowest BCUT2D eigenvalue weighted by Gasteiger charge is -2.26. The predicted octanol–water partition coefficient (Wildman–Crippen LogP) is 5.04. The van der Waals surface area contributed by atoms with Gasteiger partial charge in [0.05, 0.1) is 5.56 Å². The van der Waals surface area contributed by atoms with E-state index < -0.39 is 11.9 Å². The molecule has 1 fully saturated rings. The van der Waals surface area contributed by atoms with Gasteiger partial charge >= 0.3 is 5.97 Å². The monoisotopic (exact) mass is 327 g/mol. The summed E-state index contributed by atoms with van der Waals surface area (Å²) in [6.45, 7) is 3.91. The molecule has 0 saturated heterocycles. The van der Waals surface area contributed by atoms with Crippen LogP contribution in [0.2, 0.25) is 0 Å². The normalized spacial score (nSPS) is 20.6. The molecule has 0 aliphatic heterocycles. The van der Waals surface area contributed by atoms with E-state index >= 15 is 0 Å². The molecular weight excluding hydrogens is 305 g/mol. The first-order valence-electron chi connectivity index (χ1n) is 8.48. The summed E-state index contributed by atoms with van der Waals surface area (Å²) in [4.78, 5) is 15.8. The van der Waals surface area contributed by atoms with Gasteiger partial charge in [0.15, 0.2) is 0 Å². The molecule has 4 heteroatoms. The summed E-state index contributed by atoms with van der Waals surface area (Å²) in [5, 5.41) is 0. The van der Waals surface area contributed by atoms with E-state index in [1.165, 1.54) is 43.4 Å². The van der Waals surface area contributed by atoms with Crippen molar-refractivity contribution in [3.05, 3.63) is 59.0 Å². The molecule has 0 atom stereocenters. The Balaban J connectivity index is 1.66. The highest BCUT2D eigenvalue weighted by molar-refractivity contribution is 5.90. The van der Waals surface area contributed by atoms with Gasteiger partial charge in [0.25, 0.3) is 0 Å². The van der Waals surface area contributed by atoms with Crippen LogP contribution in [-0.4, -0.2) is 11.0 Å². The molecular formula is C20H22FNO2. The fourth-order valence-corrected chi connectivity index (χ4v) is 3.18. The second-order valence-corrected chi connectivity index (χ2v) is 6.73. The zero-order chi connectivity index (χ0) is 17.1. The summed E-state index contributed by atoms with van der Waals surface area (Å²) in [5.41, 5.74) is 2.14. The topological polar surface area (TPSA) is 39.2 Å². The van der Waals surface area contributed by atoms with Crippen molar-refractivity contribution in [2.75, 3.05) is 0 Å². The highest BCUT2D eigenvalue weighted by Gasteiger charge is 2.20. The summed E-state index contributed by atoms with van der Waals surface area (Å²) in [6, 6.07) is 10.6. The van der Waals surface area contributed by atoms with Gasteiger partial charge in [0.1, 0.15) is 0 Å². The van der Waals surface area contributed by atoms with Crippen molar-refractivity contribution in [2.45, 2.75) is 45.4 Å². The van der Waals surface area contributed by atoms with Gasteiger partial charge in [-0.1, -0.05) is 31.9 Å². The summed E-state index contributed by atoms with van der Waals surface area (Å²) in [5.74, 6) is 0.238. The van der Waals surface area contributed by atoms with E-state index in [4.69, 9.17) is 4.74 Å². The minimum atomic E-state index is -0.623. The SMILES string of the molecule is Cc1ccc(OC(=O)c2ccc(C3CCC(C)CC3)cc2)nc1F. The fourth-order valence-electron chi connectivity index (χ4n) is 3.18. The van der Waals surface area contributed by atoms with Crippen molar-refractivity contribution in [1.82, 2.24) is 4.98 Å². The number of ether oxygens (including phenoxy) is 1. The van der Waals surface area contributed by atoms with Gasteiger partial charge in [-0.15, -0.1) is 0 Å². The molecule has 1 heterocycles. The quantitative estimate of drug-likeness (QED) is 0.585. The predicted molar refractivity (Wildman–Crippen MR) is 90.7 cm³/mol. The zero-order valence-corrected chi connectivity index (χ0v) is 14.1. The van der Waals surface area contributed by atoms with E-state index in [0.717, 1.165) is 5.92 Å². The Bertz CT molecular complexity index is 719. The first kappa shape index (κ1) is 16.6. The Morgan fingerprint density at radius 1 is 1.08 bits per heavy atom. The molecule has 0 radical (unpaired) electrons. The number of hydrogen-bond donors (Lipinski definition) is 0. The average Bonchev–Trinajstić information content (AvgIpc) is 2.59. The van der Waals surface area contributed by atoms with Crippen LogP contribution in [0.5, 0.6) is 5.88 Å². The number of carbonyl (C=O) groups is 1. The summed E-state index contributed by atoms with van der Waals surface area (Å²) >= 11 is 0. The third-order valence-corrected chi connectivity index (χ3v) is 4.84. The van der Waals surface area contributed by atoms with Gasteiger partial charge in [-0.25, -0.2) is 4.79 Å². The van der Waals surface area contributed by atoms with Crippen LogP contribution in [0.3, 0.4) is 0 Å². The van der Waals surface area contributed by atoms with Crippen LogP contribution in [0.15, 0.2) is 36.4 Å².